The van der Waals surface area contributed by atoms with E-state index in [1.165, 1.54) is 12.1 Å². The average molecular weight is 384 g/mol. The van der Waals surface area contributed by atoms with Gasteiger partial charge in [-0.3, -0.25) is 15.0 Å². The van der Waals surface area contributed by atoms with Crippen LogP contribution in [0.2, 0.25) is 0 Å². The second-order valence-corrected chi connectivity index (χ2v) is 6.60. The summed E-state index contributed by atoms with van der Waals surface area (Å²) in [5, 5.41) is 13.8. The van der Waals surface area contributed by atoms with E-state index < -0.39 is 4.92 Å². The number of ether oxygens (including phenoxy) is 1. The van der Waals surface area contributed by atoms with E-state index in [-0.39, 0.29) is 11.7 Å². The summed E-state index contributed by atoms with van der Waals surface area (Å²) in [6, 6.07) is 15.4. The van der Waals surface area contributed by atoms with Crippen molar-refractivity contribution in [3.05, 3.63) is 70.3 Å². The van der Waals surface area contributed by atoms with E-state index in [4.69, 9.17) is 4.74 Å². The van der Waals surface area contributed by atoms with E-state index in [0.29, 0.717) is 26.3 Å². The Balaban J connectivity index is 1.67. The van der Waals surface area contributed by atoms with Gasteiger partial charge in [0.2, 0.25) is 0 Å². The molecule has 1 saturated heterocycles. The fourth-order valence-corrected chi connectivity index (χ4v) is 3.01. The van der Waals surface area contributed by atoms with Crippen molar-refractivity contribution in [2.24, 2.45) is 0 Å². The van der Waals surface area contributed by atoms with Crippen LogP contribution in [0.4, 0.5) is 16.2 Å². The molecule has 0 saturated carbocycles. The molecule has 1 N–H and O–H groups in total. The maximum absolute atomic E-state index is 12.8. The van der Waals surface area contributed by atoms with Gasteiger partial charge < -0.3 is 15.0 Å². The lowest BCUT2D eigenvalue weighted by Gasteiger charge is -2.30. The van der Waals surface area contributed by atoms with Crippen LogP contribution in [0.5, 0.6) is 0 Å². The van der Waals surface area contributed by atoms with Crippen molar-refractivity contribution in [3.63, 3.8) is 0 Å². The summed E-state index contributed by atoms with van der Waals surface area (Å²) in [6.45, 7) is 4.80. The van der Waals surface area contributed by atoms with Gasteiger partial charge in [-0.05, 0) is 17.7 Å². The number of non-ortho nitro benzene ring substituents is 1. The molecule has 0 atom stereocenters. The Morgan fingerprint density at radius 2 is 1.79 bits per heavy atom. The number of anilines is 1. The first-order valence-electron chi connectivity index (χ1n) is 9.26. The zero-order valence-electron chi connectivity index (χ0n) is 15.6. The monoisotopic (exact) mass is 384 g/mol. The third kappa shape index (κ3) is 5.77. The van der Waals surface area contributed by atoms with Crippen molar-refractivity contribution >= 4 is 17.4 Å². The van der Waals surface area contributed by atoms with Crippen LogP contribution in [-0.4, -0.2) is 60.1 Å². The minimum Gasteiger partial charge on any atom is -0.379 e. The molecule has 2 aromatic carbocycles. The number of hydrogen-bond donors (Lipinski definition) is 1. The third-order valence-electron chi connectivity index (χ3n) is 4.62. The molecule has 8 heteroatoms. The highest BCUT2D eigenvalue weighted by molar-refractivity contribution is 5.89. The standard InChI is InChI=1S/C20H24N4O4/c25-20(21-18-4-2-1-3-5-18)23(11-10-22-12-14-28-15-13-22)16-17-6-8-19(9-7-17)24(26)27/h1-9H,10-16H2,(H,21,25). The van der Waals surface area contributed by atoms with Crippen molar-refractivity contribution in [1.82, 2.24) is 9.80 Å². The predicted molar refractivity (Wildman–Crippen MR) is 106 cm³/mol. The number of nitrogens with one attached hydrogen (secondary N) is 1. The summed E-state index contributed by atoms with van der Waals surface area (Å²) in [5.74, 6) is 0. The summed E-state index contributed by atoms with van der Waals surface area (Å²) in [7, 11) is 0. The van der Waals surface area contributed by atoms with E-state index >= 15 is 0 Å². The number of para-hydroxylation sites is 1. The van der Waals surface area contributed by atoms with Crippen LogP contribution >= 0.6 is 0 Å². The highest BCUT2D eigenvalue weighted by atomic mass is 16.6. The number of nitro benzene ring substituents is 1. The van der Waals surface area contributed by atoms with Crippen LogP contribution in [-0.2, 0) is 11.3 Å². The lowest BCUT2D eigenvalue weighted by Crippen LogP contribution is -2.44. The molecular weight excluding hydrogens is 360 g/mol. The van der Waals surface area contributed by atoms with E-state index in [0.717, 1.165) is 30.9 Å². The number of nitro groups is 1. The molecule has 0 unspecified atom stereocenters. The number of carbonyl (C=O) groups excluding carboxylic acids is 1. The molecular formula is C20H24N4O4. The van der Waals surface area contributed by atoms with Crippen LogP contribution in [0.3, 0.4) is 0 Å². The SMILES string of the molecule is O=C(Nc1ccccc1)N(CCN1CCOCC1)Cc1ccc([N+](=O)[O-])cc1. The maximum atomic E-state index is 12.8. The second-order valence-electron chi connectivity index (χ2n) is 6.60. The van der Waals surface area contributed by atoms with Crippen molar-refractivity contribution in [2.75, 3.05) is 44.7 Å². The summed E-state index contributed by atoms with van der Waals surface area (Å²) in [6.07, 6.45) is 0. The fourth-order valence-electron chi connectivity index (χ4n) is 3.01. The molecule has 0 radical (unpaired) electrons. The lowest BCUT2D eigenvalue weighted by atomic mass is 10.2. The molecule has 8 nitrogen and oxygen atoms in total. The largest absolute Gasteiger partial charge is 0.379 e. The number of amides is 2. The van der Waals surface area contributed by atoms with Crippen LogP contribution in [0.15, 0.2) is 54.6 Å². The summed E-state index contributed by atoms with van der Waals surface area (Å²) in [5.41, 5.74) is 1.61. The number of carbonyl (C=O) groups is 1. The van der Waals surface area contributed by atoms with Gasteiger partial charge in [0.1, 0.15) is 0 Å². The number of rotatable bonds is 7. The Morgan fingerprint density at radius 3 is 2.43 bits per heavy atom. The van der Waals surface area contributed by atoms with Gasteiger partial charge in [-0.25, -0.2) is 4.79 Å². The molecule has 1 heterocycles. The fraction of sp³-hybridized carbons (Fsp3) is 0.350. The summed E-state index contributed by atoms with van der Waals surface area (Å²) < 4.78 is 5.37. The first-order valence-corrected chi connectivity index (χ1v) is 9.26. The average Bonchev–Trinajstić information content (AvgIpc) is 2.73. The van der Waals surface area contributed by atoms with E-state index in [9.17, 15) is 14.9 Å². The molecule has 148 valence electrons. The highest BCUT2D eigenvalue weighted by Crippen LogP contribution is 2.15. The van der Waals surface area contributed by atoms with Gasteiger partial charge in [0.05, 0.1) is 18.1 Å². The quantitative estimate of drug-likeness (QED) is 0.586. The van der Waals surface area contributed by atoms with Crippen LogP contribution in [0.1, 0.15) is 5.56 Å². The molecule has 1 fully saturated rings. The Labute approximate surface area is 163 Å². The molecule has 0 aliphatic carbocycles. The Kier molecular flexibility index (Phi) is 6.94. The van der Waals surface area contributed by atoms with Crippen molar-refractivity contribution in [3.8, 4) is 0 Å². The number of morpholine rings is 1. The van der Waals surface area contributed by atoms with E-state index in [1.807, 2.05) is 30.3 Å². The predicted octanol–water partition coefficient (Wildman–Crippen LogP) is 2.96. The Morgan fingerprint density at radius 1 is 1.11 bits per heavy atom. The molecule has 3 rings (SSSR count). The zero-order chi connectivity index (χ0) is 19.8. The van der Waals surface area contributed by atoms with Gasteiger partial charge in [0.25, 0.3) is 5.69 Å². The van der Waals surface area contributed by atoms with Gasteiger partial charge in [-0.2, -0.15) is 0 Å². The Hall–Kier alpha value is -2.97. The van der Waals surface area contributed by atoms with E-state index in [1.54, 1.807) is 17.0 Å². The molecule has 1 aliphatic heterocycles. The molecule has 0 bridgehead atoms. The maximum Gasteiger partial charge on any atom is 0.322 e. The first-order chi connectivity index (χ1) is 13.6. The van der Waals surface area contributed by atoms with Crippen LogP contribution in [0.25, 0.3) is 0 Å². The van der Waals surface area contributed by atoms with Gasteiger partial charge in [-0.15, -0.1) is 0 Å². The van der Waals surface area contributed by atoms with Gasteiger partial charge in [0.15, 0.2) is 0 Å². The molecule has 0 aromatic heterocycles. The normalized spacial score (nSPS) is 14.4. The molecule has 2 amide bonds. The number of urea groups is 1. The van der Waals surface area contributed by atoms with Gasteiger partial charge >= 0.3 is 6.03 Å². The van der Waals surface area contributed by atoms with Crippen molar-refractivity contribution in [1.29, 1.82) is 0 Å². The third-order valence-corrected chi connectivity index (χ3v) is 4.62. The van der Waals surface area contributed by atoms with E-state index in [2.05, 4.69) is 10.2 Å². The molecule has 0 spiro atoms. The minimum atomic E-state index is -0.428. The number of hydrogen-bond acceptors (Lipinski definition) is 5. The van der Waals surface area contributed by atoms with Gasteiger partial charge in [0, 0.05) is 50.5 Å². The zero-order valence-corrected chi connectivity index (χ0v) is 15.6. The van der Waals surface area contributed by atoms with Crippen molar-refractivity contribution in [2.45, 2.75) is 6.54 Å². The topological polar surface area (TPSA) is 88.0 Å². The van der Waals surface area contributed by atoms with Crippen LogP contribution in [0, 0.1) is 10.1 Å². The molecule has 1 aliphatic rings. The number of nitrogens with zero attached hydrogens (tertiary/aromatic N) is 3. The highest BCUT2D eigenvalue weighted by Gasteiger charge is 2.18. The number of benzene rings is 2. The van der Waals surface area contributed by atoms with Crippen molar-refractivity contribution < 1.29 is 14.5 Å². The smallest absolute Gasteiger partial charge is 0.322 e. The lowest BCUT2D eigenvalue weighted by molar-refractivity contribution is -0.384. The van der Waals surface area contributed by atoms with Crippen LogP contribution < -0.4 is 5.32 Å². The first kappa shape index (κ1) is 19.8. The summed E-state index contributed by atoms with van der Waals surface area (Å²) >= 11 is 0. The Bertz CT molecular complexity index is 777. The van der Waals surface area contributed by atoms with Gasteiger partial charge in [-0.1, -0.05) is 30.3 Å². The second kappa shape index (κ2) is 9.82. The minimum absolute atomic E-state index is 0.0392. The summed E-state index contributed by atoms with van der Waals surface area (Å²) in [4.78, 5) is 27.2. The molecule has 28 heavy (non-hydrogen) atoms. The molecule has 2 aromatic rings.